The van der Waals surface area contributed by atoms with E-state index in [1.54, 1.807) is 24.4 Å². The number of hydrogen-bond acceptors (Lipinski definition) is 3. The van der Waals surface area contributed by atoms with Crippen LogP contribution in [0.2, 0.25) is 0 Å². The molecule has 5 heteroatoms. The molecule has 2 N–H and O–H groups in total. The summed E-state index contributed by atoms with van der Waals surface area (Å²) in [5, 5.41) is 9.92. The lowest BCUT2D eigenvalue weighted by Crippen LogP contribution is -2.11. The molecule has 0 atom stereocenters. The quantitative estimate of drug-likeness (QED) is 0.539. The van der Waals surface area contributed by atoms with E-state index in [4.69, 9.17) is 0 Å². The zero-order chi connectivity index (χ0) is 9.97. The van der Waals surface area contributed by atoms with Crippen molar-refractivity contribution in [1.29, 1.82) is 0 Å². The summed E-state index contributed by atoms with van der Waals surface area (Å²) < 4.78 is 0. The molecule has 1 amide bonds. The van der Waals surface area contributed by atoms with Gasteiger partial charge >= 0.3 is 0 Å². The van der Waals surface area contributed by atoms with Crippen LogP contribution in [0.1, 0.15) is 0 Å². The van der Waals surface area contributed by atoms with Gasteiger partial charge in [-0.3, -0.25) is 14.7 Å². The molecule has 0 aliphatic rings. The van der Waals surface area contributed by atoms with Crippen LogP contribution in [0.4, 0.5) is 5.69 Å². The maximum atomic E-state index is 10.8. The molecule has 0 radical (unpaired) electrons. The van der Waals surface area contributed by atoms with Crippen molar-refractivity contribution in [1.82, 2.24) is 10.2 Å². The first kappa shape index (κ1) is 8.43. The van der Waals surface area contributed by atoms with Crippen molar-refractivity contribution in [3.8, 4) is 0 Å². The highest BCUT2D eigenvalue weighted by atomic mass is 16.2. The highest BCUT2D eigenvalue weighted by Gasteiger charge is 2.01. The van der Waals surface area contributed by atoms with E-state index in [1.807, 2.05) is 0 Å². The zero-order valence-electron chi connectivity index (χ0n) is 7.15. The smallest absolute Gasteiger partial charge is 0.288 e. The van der Waals surface area contributed by atoms with Gasteiger partial charge < -0.3 is 5.32 Å². The van der Waals surface area contributed by atoms with Crippen molar-refractivity contribution in [2.75, 3.05) is 5.32 Å². The fourth-order valence-corrected chi connectivity index (χ4v) is 1.19. The van der Waals surface area contributed by atoms with Crippen molar-refractivity contribution in [2.45, 2.75) is 0 Å². The number of anilines is 1. The molecule has 0 fully saturated rings. The molecule has 0 aliphatic carbocycles. The number of aromatic nitrogens is 2. The van der Waals surface area contributed by atoms with E-state index < -0.39 is 5.91 Å². The maximum absolute atomic E-state index is 10.8. The number of carbonyl (C=O) groups excluding carboxylic acids is 2. The van der Waals surface area contributed by atoms with Crippen LogP contribution in [0.15, 0.2) is 24.4 Å². The molecular formula is C9H7N3O2. The minimum Gasteiger partial charge on any atom is -0.320 e. The number of benzene rings is 1. The average molecular weight is 189 g/mol. The Labute approximate surface area is 79.1 Å². The van der Waals surface area contributed by atoms with E-state index in [0.717, 1.165) is 10.9 Å². The van der Waals surface area contributed by atoms with Gasteiger partial charge in [-0.1, -0.05) is 0 Å². The summed E-state index contributed by atoms with van der Waals surface area (Å²) in [6, 6.07) is 5.21. The van der Waals surface area contributed by atoms with E-state index in [1.165, 1.54) is 0 Å². The second kappa shape index (κ2) is 3.29. The summed E-state index contributed by atoms with van der Waals surface area (Å²) in [7, 11) is 0. The molecule has 2 rings (SSSR count). The largest absolute Gasteiger partial charge is 0.320 e. The van der Waals surface area contributed by atoms with E-state index in [-0.39, 0.29) is 6.29 Å². The number of nitrogens with zero attached hydrogens (tertiary/aromatic N) is 1. The summed E-state index contributed by atoms with van der Waals surface area (Å²) >= 11 is 0. The van der Waals surface area contributed by atoms with Crippen molar-refractivity contribution < 1.29 is 9.59 Å². The van der Waals surface area contributed by atoms with E-state index >= 15 is 0 Å². The monoisotopic (exact) mass is 189 g/mol. The Kier molecular flexibility index (Phi) is 1.98. The Hall–Kier alpha value is -2.17. The van der Waals surface area contributed by atoms with Gasteiger partial charge in [-0.05, 0) is 18.2 Å². The molecule has 0 spiro atoms. The summed E-state index contributed by atoms with van der Waals surface area (Å²) in [5.74, 6) is -0.659. The highest BCUT2D eigenvalue weighted by molar-refractivity contribution is 6.29. The van der Waals surface area contributed by atoms with Crippen LogP contribution < -0.4 is 5.32 Å². The number of aldehydes is 1. The third-order valence-electron chi connectivity index (χ3n) is 1.81. The Morgan fingerprint density at radius 1 is 1.50 bits per heavy atom. The molecule has 0 bridgehead atoms. The fourth-order valence-electron chi connectivity index (χ4n) is 1.19. The first-order valence-corrected chi connectivity index (χ1v) is 3.99. The Morgan fingerprint density at radius 2 is 2.36 bits per heavy atom. The average Bonchev–Trinajstić information content (AvgIpc) is 2.64. The van der Waals surface area contributed by atoms with Gasteiger partial charge in [-0.15, -0.1) is 0 Å². The van der Waals surface area contributed by atoms with Gasteiger partial charge in [0.2, 0.25) is 6.29 Å². The Morgan fingerprint density at radius 3 is 3.14 bits per heavy atom. The van der Waals surface area contributed by atoms with E-state index in [2.05, 4.69) is 15.5 Å². The zero-order valence-corrected chi connectivity index (χ0v) is 7.15. The Bertz CT molecular complexity index is 490. The number of amides is 1. The predicted octanol–water partition coefficient (Wildman–Crippen LogP) is 0.700. The summed E-state index contributed by atoms with van der Waals surface area (Å²) in [6.45, 7) is 0. The molecule has 1 aromatic heterocycles. The van der Waals surface area contributed by atoms with Crippen LogP contribution in [-0.4, -0.2) is 22.4 Å². The first-order valence-electron chi connectivity index (χ1n) is 3.99. The van der Waals surface area contributed by atoms with Crippen molar-refractivity contribution in [3.63, 3.8) is 0 Å². The molecule has 70 valence electrons. The van der Waals surface area contributed by atoms with E-state index in [0.29, 0.717) is 5.69 Å². The minimum atomic E-state index is -0.659. The number of nitrogens with one attached hydrogen (secondary N) is 2. The van der Waals surface area contributed by atoms with Gasteiger partial charge in [0.1, 0.15) is 0 Å². The molecule has 2 aromatic rings. The topological polar surface area (TPSA) is 74.8 Å². The summed E-state index contributed by atoms with van der Waals surface area (Å²) in [6.07, 6.45) is 1.88. The summed E-state index contributed by atoms with van der Waals surface area (Å²) in [5.41, 5.74) is 1.46. The van der Waals surface area contributed by atoms with Gasteiger partial charge in [0.25, 0.3) is 5.91 Å². The van der Waals surface area contributed by atoms with Gasteiger partial charge in [0.15, 0.2) is 0 Å². The molecule has 5 nitrogen and oxygen atoms in total. The first-order chi connectivity index (χ1) is 6.79. The number of H-pyrrole nitrogens is 1. The second-order valence-corrected chi connectivity index (χ2v) is 2.78. The SMILES string of the molecule is O=CC(=O)Nc1ccc2[nH]ncc2c1. The normalized spacial score (nSPS) is 10.0. The van der Waals surface area contributed by atoms with Crippen LogP contribution in [-0.2, 0) is 9.59 Å². The number of carbonyl (C=O) groups is 2. The lowest BCUT2D eigenvalue weighted by molar-refractivity contribution is -0.127. The van der Waals surface area contributed by atoms with E-state index in [9.17, 15) is 9.59 Å². The highest BCUT2D eigenvalue weighted by Crippen LogP contribution is 2.16. The number of fused-ring (bicyclic) bond motifs is 1. The van der Waals surface area contributed by atoms with Crippen molar-refractivity contribution >= 4 is 28.8 Å². The molecule has 0 aliphatic heterocycles. The molecule has 0 saturated heterocycles. The maximum Gasteiger partial charge on any atom is 0.288 e. The van der Waals surface area contributed by atoms with Crippen LogP contribution in [0, 0.1) is 0 Å². The molecule has 1 heterocycles. The van der Waals surface area contributed by atoms with Gasteiger partial charge in [-0.25, -0.2) is 0 Å². The fraction of sp³-hybridized carbons (Fsp3) is 0. The van der Waals surface area contributed by atoms with Crippen LogP contribution in [0.3, 0.4) is 0 Å². The predicted molar refractivity (Wildman–Crippen MR) is 50.8 cm³/mol. The molecule has 0 unspecified atom stereocenters. The number of hydrogen-bond donors (Lipinski definition) is 2. The molecule has 14 heavy (non-hydrogen) atoms. The van der Waals surface area contributed by atoms with Gasteiger partial charge in [-0.2, -0.15) is 5.10 Å². The van der Waals surface area contributed by atoms with Crippen molar-refractivity contribution in [2.24, 2.45) is 0 Å². The molecular weight excluding hydrogens is 182 g/mol. The number of rotatable bonds is 2. The third-order valence-corrected chi connectivity index (χ3v) is 1.81. The van der Waals surface area contributed by atoms with Crippen molar-refractivity contribution in [3.05, 3.63) is 24.4 Å². The van der Waals surface area contributed by atoms with Crippen LogP contribution >= 0.6 is 0 Å². The summed E-state index contributed by atoms with van der Waals surface area (Å²) in [4.78, 5) is 20.8. The lowest BCUT2D eigenvalue weighted by atomic mass is 10.2. The standard InChI is InChI=1S/C9H7N3O2/c13-5-9(14)11-7-1-2-8-6(3-7)4-10-12-8/h1-5H,(H,10,12)(H,11,14). The third kappa shape index (κ3) is 1.47. The second-order valence-electron chi connectivity index (χ2n) is 2.78. The Balaban J connectivity index is 2.34. The van der Waals surface area contributed by atoms with Gasteiger partial charge in [0, 0.05) is 11.1 Å². The van der Waals surface area contributed by atoms with Gasteiger partial charge in [0.05, 0.1) is 11.7 Å². The minimum absolute atomic E-state index is 0.236. The van der Waals surface area contributed by atoms with Crippen LogP contribution in [0.5, 0.6) is 0 Å². The number of aromatic amines is 1. The molecule has 0 saturated carbocycles. The molecule has 1 aromatic carbocycles. The lowest BCUT2D eigenvalue weighted by Gasteiger charge is -1.99. The van der Waals surface area contributed by atoms with Crippen LogP contribution in [0.25, 0.3) is 10.9 Å².